The minimum atomic E-state index is -0.0587. The maximum Gasteiger partial charge on any atom is 0.185 e. The molecular weight excluding hydrogens is 364 g/mol. The summed E-state index contributed by atoms with van der Waals surface area (Å²) in [5.74, 6) is 2.23. The van der Waals surface area contributed by atoms with Crippen LogP contribution in [-0.2, 0) is 6.42 Å². The summed E-state index contributed by atoms with van der Waals surface area (Å²) in [6.07, 6.45) is 5.41. The van der Waals surface area contributed by atoms with Gasteiger partial charge in [0.1, 0.15) is 17.2 Å². The van der Waals surface area contributed by atoms with E-state index in [9.17, 15) is 4.79 Å². The summed E-state index contributed by atoms with van der Waals surface area (Å²) >= 11 is 0. The van der Waals surface area contributed by atoms with Crippen LogP contribution in [0.25, 0.3) is 6.08 Å². The highest BCUT2D eigenvalue weighted by Gasteiger charge is 2.14. The first-order chi connectivity index (χ1) is 13.8. The lowest BCUT2D eigenvalue weighted by Crippen LogP contribution is -2.10. The van der Waals surface area contributed by atoms with Crippen molar-refractivity contribution >= 4 is 11.9 Å². The molecule has 2 rings (SSSR count). The lowest BCUT2D eigenvalue weighted by Gasteiger charge is -2.19. The van der Waals surface area contributed by atoms with Crippen molar-refractivity contribution in [1.29, 1.82) is 0 Å². The van der Waals surface area contributed by atoms with E-state index < -0.39 is 0 Å². The summed E-state index contributed by atoms with van der Waals surface area (Å²) in [6.45, 7) is 10.1. The average molecular weight is 397 g/mol. The van der Waals surface area contributed by atoms with E-state index >= 15 is 0 Å². The Kier molecular flexibility index (Phi) is 8.32. The molecule has 0 heterocycles. The number of carbonyl (C=O) groups is 1. The molecule has 29 heavy (non-hydrogen) atoms. The van der Waals surface area contributed by atoms with E-state index in [4.69, 9.17) is 14.2 Å². The van der Waals surface area contributed by atoms with Gasteiger partial charge in [-0.3, -0.25) is 4.79 Å². The summed E-state index contributed by atoms with van der Waals surface area (Å²) in [6, 6.07) is 11.0. The minimum Gasteiger partial charge on any atom is -0.497 e. The van der Waals surface area contributed by atoms with Crippen molar-refractivity contribution in [2.24, 2.45) is 0 Å². The summed E-state index contributed by atoms with van der Waals surface area (Å²) in [5, 5.41) is 0. The van der Waals surface area contributed by atoms with E-state index in [2.05, 4.69) is 6.92 Å². The SMILES string of the molecule is CCCc1c(C=CC(=O)c2ccc(OC)cc2)cc(OC(C)C)cc1OC(C)C. The van der Waals surface area contributed by atoms with Gasteiger partial charge in [-0.25, -0.2) is 0 Å². The molecule has 0 bridgehead atoms. The van der Waals surface area contributed by atoms with Crippen LogP contribution < -0.4 is 14.2 Å². The van der Waals surface area contributed by atoms with Gasteiger partial charge in [0.2, 0.25) is 0 Å². The molecule has 0 aromatic heterocycles. The van der Waals surface area contributed by atoms with E-state index in [-0.39, 0.29) is 18.0 Å². The van der Waals surface area contributed by atoms with Crippen molar-refractivity contribution in [2.45, 2.75) is 59.7 Å². The van der Waals surface area contributed by atoms with Crippen LogP contribution in [-0.4, -0.2) is 25.1 Å². The van der Waals surface area contributed by atoms with Gasteiger partial charge in [0.25, 0.3) is 0 Å². The lowest BCUT2D eigenvalue weighted by molar-refractivity contribution is 0.104. The van der Waals surface area contributed by atoms with Crippen LogP contribution in [0, 0.1) is 0 Å². The molecule has 2 aromatic rings. The van der Waals surface area contributed by atoms with Crippen molar-refractivity contribution in [3.05, 3.63) is 59.2 Å². The smallest absolute Gasteiger partial charge is 0.185 e. The van der Waals surface area contributed by atoms with Gasteiger partial charge < -0.3 is 14.2 Å². The first-order valence-electron chi connectivity index (χ1n) is 10.2. The monoisotopic (exact) mass is 396 g/mol. The molecule has 156 valence electrons. The third-order valence-electron chi connectivity index (χ3n) is 4.24. The van der Waals surface area contributed by atoms with Crippen molar-refractivity contribution < 1.29 is 19.0 Å². The van der Waals surface area contributed by atoms with E-state index in [1.165, 1.54) is 0 Å². The fraction of sp³-hybridized carbons (Fsp3) is 0.400. The molecule has 0 fully saturated rings. The van der Waals surface area contributed by atoms with Crippen molar-refractivity contribution in [1.82, 2.24) is 0 Å². The molecule has 4 nitrogen and oxygen atoms in total. The van der Waals surface area contributed by atoms with E-state index in [0.29, 0.717) is 5.56 Å². The number of methoxy groups -OCH3 is 1. The number of hydrogen-bond donors (Lipinski definition) is 0. The zero-order valence-corrected chi connectivity index (χ0v) is 18.3. The van der Waals surface area contributed by atoms with Gasteiger partial charge in [0, 0.05) is 17.2 Å². The first kappa shape index (κ1) is 22.5. The number of benzene rings is 2. The fourth-order valence-corrected chi connectivity index (χ4v) is 3.02. The summed E-state index contributed by atoms with van der Waals surface area (Å²) in [7, 11) is 1.61. The highest BCUT2D eigenvalue weighted by molar-refractivity contribution is 6.07. The normalized spacial score (nSPS) is 11.3. The number of hydrogen-bond acceptors (Lipinski definition) is 4. The summed E-state index contributed by atoms with van der Waals surface area (Å²) in [4.78, 5) is 12.6. The van der Waals surface area contributed by atoms with Crippen LogP contribution in [0.15, 0.2) is 42.5 Å². The molecule has 0 N–H and O–H groups in total. The molecule has 0 atom stereocenters. The number of rotatable bonds is 10. The second-order valence-corrected chi connectivity index (χ2v) is 7.50. The zero-order valence-electron chi connectivity index (χ0n) is 18.3. The lowest BCUT2D eigenvalue weighted by atomic mass is 9.99. The average Bonchev–Trinajstić information content (AvgIpc) is 2.67. The standard InChI is InChI=1S/C25H32O4/c1-7-8-23-20(11-14-24(26)19-9-12-21(27-6)13-10-19)15-22(28-17(2)3)16-25(23)29-18(4)5/h9-18H,7-8H2,1-6H3. The van der Waals surface area contributed by atoms with Crippen molar-refractivity contribution in [3.63, 3.8) is 0 Å². The maximum atomic E-state index is 12.6. The van der Waals surface area contributed by atoms with Crippen LogP contribution in [0.2, 0.25) is 0 Å². The van der Waals surface area contributed by atoms with Gasteiger partial charge in [-0.1, -0.05) is 19.4 Å². The fourth-order valence-electron chi connectivity index (χ4n) is 3.02. The Hall–Kier alpha value is -2.75. The van der Waals surface area contributed by atoms with Crippen LogP contribution >= 0.6 is 0 Å². The van der Waals surface area contributed by atoms with Crippen molar-refractivity contribution in [3.8, 4) is 17.2 Å². The van der Waals surface area contributed by atoms with Gasteiger partial charge in [0.05, 0.1) is 19.3 Å². The van der Waals surface area contributed by atoms with Gasteiger partial charge in [0.15, 0.2) is 5.78 Å². The van der Waals surface area contributed by atoms with Crippen molar-refractivity contribution in [2.75, 3.05) is 7.11 Å². The number of ether oxygens (including phenoxy) is 3. The predicted octanol–water partition coefficient (Wildman–Crippen LogP) is 6.12. The molecule has 2 aromatic carbocycles. The van der Waals surface area contributed by atoms with E-state index in [1.807, 2.05) is 45.9 Å². The summed E-state index contributed by atoms with van der Waals surface area (Å²) < 4.78 is 17.1. The minimum absolute atomic E-state index is 0.0525. The Morgan fingerprint density at radius 2 is 1.62 bits per heavy atom. The van der Waals surface area contributed by atoms with Gasteiger partial charge in [-0.15, -0.1) is 0 Å². The van der Waals surface area contributed by atoms with Gasteiger partial charge in [-0.05, 0) is 76.1 Å². The van der Waals surface area contributed by atoms with Gasteiger partial charge in [-0.2, -0.15) is 0 Å². The van der Waals surface area contributed by atoms with Gasteiger partial charge >= 0.3 is 0 Å². The third kappa shape index (κ3) is 6.67. The second-order valence-electron chi connectivity index (χ2n) is 7.50. The largest absolute Gasteiger partial charge is 0.497 e. The zero-order chi connectivity index (χ0) is 21.4. The maximum absolute atomic E-state index is 12.6. The molecule has 0 saturated heterocycles. The highest BCUT2D eigenvalue weighted by atomic mass is 16.5. The molecule has 4 heteroatoms. The second kappa shape index (κ2) is 10.7. The van der Waals surface area contributed by atoms with E-state index in [0.717, 1.165) is 41.2 Å². The predicted molar refractivity (Wildman–Crippen MR) is 118 cm³/mol. The Morgan fingerprint density at radius 1 is 0.966 bits per heavy atom. The Balaban J connectivity index is 2.40. The molecule has 0 aliphatic rings. The molecule has 0 aliphatic carbocycles. The first-order valence-corrected chi connectivity index (χ1v) is 10.2. The third-order valence-corrected chi connectivity index (χ3v) is 4.24. The molecule has 0 radical (unpaired) electrons. The number of carbonyl (C=O) groups excluding carboxylic acids is 1. The Morgan fingerprint density at radius 3 is 2.17 bits per heavy atom. The van der Waals surface area contributed by atoms with Crippen LogP contribution in [0.4, 0.5) is 0 Å². The number of allylic oxidation sites excluding steroid dienone is 1. The van der Waals surface area contributed by atoms with E-state index in [1.54, 1.807) is 37.5 Å². The van der Waals surface area contributed by atoms with Crippen LogP contribution in [0.1, 0.15) is 62.5 Å². The molecule has 0 saturated carbocycles. The Bertz CT molecular complexity index is 833. The Labute approximate surface area is 174 Å². The van der Waals surface area contributed by atoms with Crippen LogP contribution in [0.3, 0.4) is 0 Å². The highest BCUT2D eigenvalue weighted by Crippen LogP contribution is 2.32. The quantitative estimate of drug-likeness (QED) is 0.358. The molecular formula is C25H32O4. The molecule has 0 unspecified atom stereocenters. The molecule has 0 aliphatic heterocycles. The number of ketones is 1. The topological polar surface area (TPSA) is 44.8 Å². The molecule has 0 spiro atoms. The van der Waals surface area contributed by atoms with Crippen LogP contribution in [0.5, 0.6) is 17.2 Å². The molecule has 0 amide bonds. The summed E-state index contributed by atoms with van der Waals surface area (Å²) in [5.41, 5.74) is 2.66.